The van der Waals surface area contributed by atoms with Crippen LogP contribution >= 0.6 is 62.0 Å². The van der Waals surface area contributed by atoms with Crippen LogP contribution in [0.15, 0.2) is 48.6 Å². The van der Waals surface area contributed by atoms with E-state index in [0.29, 0.717) is 43.3 Å². The zero-order valence-corrected chi connectivity index (χ0v) is 42.2. The third-order valence-corrected chi connectivity index (χ3v) is 13.1. The summed E-state index contributed by atoms with van der Waals surface area (Å²) in [6.45, 7) is 7.21. The van der Waals surface area contributed by atoms with Crippen LogP contribution in [0.4, 0.5) is 0 Å². The van der Waals surface area contributed by atoms with Crippen molar-refractivity contribution in [2.75, 3.05) is 65.9 Å². The van der Waals surface area contributed by atoms with Gasteiger partial charge in [0.2, 0.25) is 5.91 Å². The Bertz CT molecular complexity index is 2180. The first-order chi connectivity index (χ1) is 32.1. The van der Waals surface area contributed by atoms with Gasteiger partial charge in [-0.25, -0.2) is 9.13 Å². The second kappa shape index (κ2) is 31.0. The zero-order chi connectivity index (χ0) is 51.0. The van der Waals surface area contributed by atoms with Gasteiger partial charge in [0.25, 0.3) is 11.8 Å². The number of unbranched alkanes of at least 4 members (excludes halogenated alkanes) is 1. The minimum absolute atomic E-state index is 0.0131. The third-order valence-electron chi connectivity index (χ3n) is 9.39. The Kier molecular flexibility index (Phi) is 27.7. The van der Waals surface area contributed by atoms with Crippen LogP contribution in [-0.4, -0.2) is 121 Å². The molecule has 0 bridgehead atoms. The predicted octanol–water partition coefficient (Wildman–Crippen LogP) is 6.59. The number of aliphatic hydroxyl groups is 2. The summed E-state index contributed by atoms with van der Waals surface area (Å²) < 4.78 is 55.0. The maximum Gasteiger partial charge on any atom is 0.472 e. The molecule has 0 aliphatic heterocycles. The maximum atomic E-state index is 12.4. The number of halogens is 4. The first kappa shape index (κ1) is 60.7. The van der Waals surface area contributed by atoms with E-state index in [1.807, 2.05) is 0 Å². The van der Waals surface area contributed by atoms with Crippen LogP contribution in [0.2, 0.25) is 20.1 Å². The first-order valence-corrected chi connectivity index (χ1v) is 25.5. The summed E-state index contributed by atoms with van der Waals surface area (Å²) in [5.41, 5.74) is 1.00. The predicted molar refractivity (Wildman–Crippen MR) is 254 cm³/mol. The average Bonchev–Trinajstić information content (AvgIpc) is 3.30. The Balaban J connectivity index is 1.60. The van der Waals surface area contributed by atoms with E-state index in [9.17, 15) is 53.1 Å². The Hall–Kier alpha value is -3.43. The van der Waals surface area contributed by atoms with Crippen molar-refractivity contribution in [3.63, 3.8) is 0 Å². The summed E-state index contributed by atoms with van der Waals surface area (Å²) in [5.74, 6) is -2.83. The van der Waals surface area contributed by atoms with Crippen molar-refractivity contribution in [3.05, 3.63) is 79.8 Å². The number of rotatable bonds is 35. The molecule has 0 aliphatic rings. The van der Waals surface area contributed by atoms with Gasteiger partial charge in [0.15, 0.2) is 24.8 Å². The first-order valence-electron chi connectivity index (χ1n) is 21.0. The third kappa shape index (κ3) is 21.7. The van der Waals surface area contributed by atoms with Crippen LogP contribution in [0, 0.1) is 5.92 Å². The molecule has 68 heavy (non-hydrogen) atoms. The molecule has 2 rings (SSSR count). The number of nitrogens with one attached hydrogen (secondary N) is 3. The maximum absolute atomic E-state index is 12.4. The number of hydrogen-bond donors (Lipinski definition) is 7. The molecule has 0 radical (unpaired) electrons. The minimum atomic E-state index is -4.72. The fourth-order valence-electron chi connectivity index (χ4n) is 5.37. The highest BCUT2D eigenvalue weighted by atomic mass is 35.5. The largest absolute Gasteiger partial charge is 0.482 e. The van der Waals surface area contributed by atoms with E-state index in [0.717, 1.165) is 0 Å². The lowest BCUT2D eigenvalue weighted by molar-refractivity contribution is -0.124. The van der Waals surface area contributed by atoms with E-state index in [1.165, 1.54) is 24.3 Å². The van der Waals surface area contributed by atoms with Crippen molar-refractivity contribution >= 4 is 91.3 Å². The van der Waals surface area contributed by atoms with E-state index in [1.54, 1.807) is 13.8 Å². The lowest BCUT2D eigenvalue weighted by Crippen LogP contribution is -2.42. The fourth-order valence-corrected chi connectivity index (χ4v) is 7.93. The number of carbonyl (C=O) groups is 5. The minimum Gasteiger partial charge on any atom is -0.482 e. The fraction of sp³-hybridized carbons (Fsp3) is 0.500. The lowest BCUT2D eigenvalue weighted by atomic mass is 10.0. The van der Waals surface area contributed by atoms with Crippen LogP contribution in [0.5, 0.6) is 11.5 Å². The van der Waals surface area contributed by atoms with Crippen LogP contribution in [0.1, 0.15) is 79.5 Å². The zero-order valence-electron chi connectivity index (χ0n) is 37.4. The van der Waals surface area contributed by atoms with E-state index in [2.05, 4.69) is 29.1 Å². The number of ether oxygens (including phenoxy) is 2. The summed E-state index contributed by atoms with van der Waals surface area (Å²) >= 11 is 24.9. The highest BCUT2D eigenvalue weighted by molar-refractivity contribution is 7.47. The van der Waals surface area contributed by atoms with E-state index >= 15 is 0 Å². The number of ketones is 2. The van der Waals surface area contributed by atoms with Crippen LogP contribution in [0.3, 0.4) is 0 Å². The molecule has 0 saturated heterocycles. The van der Waals surface area contributed by atoms with Gasteiger partial charge in [-0.3, -0.25) is 42.1 Å². The summed E-state index contributed by atoms with van der Waals surface area (Å²) in [4.78, 5) is 81.8. The average molecular weight is 1080 g/mol. The van der Waals surface area contributed by atoms with Crippen molar-refractivity contribution < 1.29 is 80.7 Å². The summed E-state index contributed by atoms with van der Waals surface area (Å²) in [6.07, 6.45) is 1.79. The topological polar surface area (TPSA) is 292 Å². The van der Waals surface area contributed by atoms with Crippen molar-refractivity contribution in [2.45, 2.75) is 64.8 Å². The SMILES string of the molecule is C=C(CC)C(=O)c1ccc(OCC(=O)NCCCCC(CO)COP(=O)(O)OCCCOP(=O)(O)OCC(CO)NC(=O)CCNC(=O)COc2ccc(C(=O)C(=C)CC)c(Cl)c2Cl)c(Cl)c1Cl. The van der Waals surface area contributed by atoms with Crippen molar-refractivity contribution in [2.24, 2.45) is 5.92 Å². The Morgan fingerprint density at radius 3 is 1.56 bits per heavy atom. The molecular weight excluding hydrogens is 1020 g/mol. The number of Topliss-reactive ketones (excluding diaryl/α,β-unsaturated/α-hetero) is 2. The number of amides is 3. The van der Waals surface area contributed by atoms with Crippen molar-refractivity contribution in [1.29, 1.82) is 0 Å². The van der Waals surface area contributed by atoms with E-state index in [4.69, 9.17) is 74.0 Å². The normalized spacial score (nSPS) is 13.9. The number of phosphoric acid groups is 2. The second-order valence-electron chi connectivity index (χ2n) is 14.6. The molecule has 0 fully saturated rings. The molecule has 0 aromatic heterocycles. The molecule has 4 atom stereocenters. The molecule has 2 aromatic rings. The monoisotopic (exact) mass is 1080 g/mol. The summed E-state index contributed by atoms with van der Waals surface area (Å²) in [5, 5.41) is 26.7. The molecule has 7 N–H and O–H groups in total. The second-order valence-corrected chi connectivity index (χ2v) is 19.0. The molecule has 3 amide bonds. The van der Waals surface area contributed by atoms with Crippen molar-refractivity contribution in [3.8, 4) is 11.5 Å². The Labute approximate surface area is 414 Å². The molecule has 20 nitrogen and oxygen atoms in total. The number of hydrogen-bond acceptors (Lipinski definition) is 15. The van der Waals surface area contributed by atoms with Crippen LogP contribution < -0.4 is 25.4 Å². The Morgan fingerprint density at radius 1 is 0.632 bits per heavy atom. The molecular formula is C42H57Cl4N3O17P2. The molecule has 26 heteroatoms. The molecule has 0 heterocycles. The van der Waals surface area contributed by atoms with Gasteiger partial charge in [-0.1, -0.05) is 79.8 Å². The summed E-state index contributed by atoms with van der Waals surface area (Å²) in [6, 6.07) is 4.52. The molecule has 0 aliphatic carbocycles. The number of carbonyl (C=O) groups excluding carboxylic acids is 5. The molecule has 2 aromatic carbocycles. The van der Waals surface area contributed by atoms with E-state index < -0.39 is 78.4 Å². The number of phosphoric ester groups is 2. The molecule has 4 unspecified atom stereocenters. The highest BCUT2D eigenvalue weighted by Gasteiger charge is 2.27. The molecule has 0 spiro atoms. The summed E-state index contributed by atoms with van der Waals surface area (Å²) in [7, 11) is -9.31. The standard InChI is InChI=1S/C42H57Cl4N3O17P2/c1-5-26(3)41(55)30-11-13-32(39(45)37(30)43)61-24-35(53)47-16-8-7-10-28(20-50)22-65-67(57,58)63-18-9-19-64-68(59,60)66-23-29(21-51)49-34(52)15-17-48-36(54)25-62-33-14-12-31(38(44)40(33)46)42(56)27(4)6-2/h11-14,28-29,50-51H,3-10,15-25H2,1-2H3,(H,47,53)(H,48,54)(H,49,52)(H,57,58)(H,59,60). The van der Waals surface area contributed by atoms with Gasteiger partial charge in [-0.15, -0.1) is 0 Å². The van der Waals surface area contributed by atoms with Crippen LogP contribution in [0.25, 0.3) is 0 Å². The molecule has 0 saturated carbocycles. The van der Waals surface area contributed by atoms with Crippen LogP contribution in [-0.2, 0) is 41.6 Å². The van der Waals surface area contributed by atoms with Gasteiger partial charge >= 0.3 is 15.6 Å². The quantitative estimate of drug-likeness (QED) is 0.0166. The number of benzene rings is 2. The van der Waals surface area contributed by atoms with E-state index in [-0.39, 0.29) is 100 Å². The van der Waals surface area contributed by atoms with Crippen molar-refractivity contribution in [1.82, 2.24) is 16.0 Å². The smallest absolute Gasteiger partial charge is 0.472 e. The van der Waals surface area contributed by atoms with Gasteiger partial charge in [0.05, 0.1) is 49.1 Å². The van der Waals surface area contributed by atoms with Gasteiger partial charge in [-0.2, -0.15) is 0 Å². The van der Waals surface area contributed by atoms with Gasteiger partial charge in [0.1, 0.15) is 21.5 Å². The molecule has 380 valence electrons. The Morgan fingerprint density at radius 2 is 1.10 bits per heavy atom. The number of allylic oxidation sites excluding steroid dienone is 2. The lowest BCUT2D eigenvalue weighted by Gasteiger charge is -2.19. The van der Waals surface area contributed by atoms with Gasteiger partial charge in [0, 0.05) is 43.2 Å². The van der Waals surface area contributed by atoms with Gasteiger partial charge < -0.3 is 45.4 Å². The van der Waals surface area contributed by atoms with Gasteiger partial charge in [-0.05, 0) is 67.5 Å². The highest BCUT2D eigenvalue weighted by Crippen LogP contribution is 2.45. The number of aliphatic hydroxyl groups excluding tert-OH is 2.